The van der Waals surface area contributed by atoms with Gasteiger partial charge in [-0.1, -0.05) is 0 Å². The Bertz CT molecular complexity index is 1430. The minimum atomic E-state index is -4.38. The van der Waals surface area contributed by atoms with E-state index in [2.05, 4.69) is 20.4 Å². The van der Waals surface area contributed by atoms with Gasteiger partial charge in [-0.3, -0.25) is 19.4 Å². The number of halogens is 3. The lowest BCUT2D eigenvalue weighted by Crippen LogP contribution is -2.51. The molecule has 13 heteroatoms. The monoisotopic (exact) mass is 500 g/mol. The molecule has 0 radical (unpaired) electrons. The fraction of sp³-hybridized carbons (Fsp3) is 0.304. The molecule has 0 spiro atoms. The van der Waals surface area contributed by atoms with E-state index >= 15 is 0 Å². The molecule has 0 bridgehead atoms. The predicted octanol–water partition coefficient (Wildman–Crippen LogP) is 3.17. The summed E-state index contributed by atoms with van der Waals surface area (Å²) >= 11 is 0. The molecule has 10 nitrogen and oxygen atoms in total. The third-order valence-corrected chi connectivity index (χ3v) is 6.15. The van der Waals surface area contributed by atoms with Crippen LogP contribution in [0.5, 0.6) is 0 Å². The average Bonchev–Trinajstić information content (AvgIpc) is 3.40. The normalized spacial score (nSPS) is 18.5. The first-order chi connectivity index (χ1) is 17.1. The van der Waals surface area contributed by atoms with Crippen LogP contribution in [0.3, 0.4) is 0 Å². The molecule has 4 aromatic rings. The Morgan fingerprint density at radius 2 is 2.03 bits per heavy atom. The van der Waals surface area contributed by atoms with Gasteiger partial charge >= 0.3 is 6.18 Å². The van der Waals surface area contributed by atoms with Crippen molar-refractivity contribution >= 4 is 34.3 Å². The summed E-state index contributed by atoms with van der Waals surface area (Å²) in [5.74, 6) is -2.35. The molecule has 1 aliphatic rings. The van der Waals surface area contributed by atoms with Gasteiger partial charge in [0.1, 0.15) is 11.1 Å². The molecule has 1 amide bonds. The minimum absolute atomic E-state index is 0.0149. The van der Waals surface area contributed by atoms with Gasteiger partial charge in [-0.15, -0.1) is 0 Å². The number of anilines is 3. The maximum Gasteiger partial charge on any atom is 0.393 e. The number of hydrogen-bond donors (Lipinski definition) is 3. The number of rotatable bonds is 4. The summed E-state index contributed by atoms with van der Waals surface area (Å²) < 4.78 is 47.5. The molecule has 1 fully saturated rings. The van der Waals surface area contributed by atoms with Gasteiger partial charge in [-0.05, 0) is 18.6 Å². The van der Waals surface area contributed by atoms with Gasteiger partial charge in [0.2, 0.25) is 5.88 Å². The van der Waals surface area contributed by atoms with Crippen LogP contribution in [-0.2, 0) is 7.05 Å². The average molecular weight is 500 g/mol. The Balaban J connectivity index is 1.43. The number of pyridine rings is 2. The molecule has 0 unspecified atom stereocenters. The summed E-state index contributed by atoms with van der Waals surface area (Å²) in [6, 6.07) is 2.57. The van der Waals surface area contributed by atoms with Crippen LogP contribution in [0.2, 0.25) is 0 Å². The number of aryl methyl sites for hydroxylation is 1. The maximum absolute atomic E-state index is 13.4. The van der Waals surface area contributed by atoms with Crippen molar-refractivity contribution in [3.8, 4) is 11.1 Å². The summed E-state index contributed by atoms with van der Waals surface area (Å²) in [5, 5.41) is 6.83. The second-order valence-corrected chi connectivity index (χ2v) is 8.80. The van der Waals surface area contributed by atoms with E-state index in [1.807, 2.05) is 6.20 Å². The second kappa shape index (κ2) is 8.82. The zero-order chi connectivity index (χ0) is 25.6. The maximum atomic E-state index is 13.4. The summed E-state index contributed by atoms with van der Waals surface area (Å²) in [6.45, 7) is -0.0749. The van der Waals surface area contributed by atoms with Crippen molar-refractivity contribution < 1.29 is 22.4 Å². The Morgan fingerprint density at radius 3 is 2.75 bits per heavy atom. The molecule has 5 heterocycles. The van der Waals surface area contributed by atoms with Gasteiger partial charge in [0.25, 0.3) is 5.91 Å². The van der Waals surface area contributed by atoms with Crippen molar-refractivity contribution in [3.05, 3.63) is 48.7 Å². The number of furan rings is 1. The Morgan fingerprint density at radius 1 is 1.22 bits per heavy atom. The van der Waals surface area contributed by atoms with Crippen molar-refractivity contribution in [2.24, 2.45) is 18.7 Å². The number of nitrogens with two attached hydrogens (primary N) is 2. The lowest BCUT2D eigenvalue weighted by atomic mass is 9.93. The van der Waals surface area contributed by atoms with Crippen LogP contribution >= 0.6 is 0 Å². The highest BCUT2D eigenvalue weighted by Crippen LogP contribution is 2.37. The highest BCUT2D eigenvalue weighted by molar-refractivity contribution is 6.15. The number of piperidine rings is 1. The molecule has 5 rings (SSSR count). The number of amides is 1. The summed E-state index contributed by atoms with van der Waals surface area (Å²) in [7, 11) is 1.79. The molecule has 2 atom stereocenters. The van der Waals surface area contributed by atoms with Gasteiger partial charge < -0.3 is 26.1 Å². The number of nitrogens with zero attached hydrogens (tertiary/aromatic N) is 5. The van der Waals surface area contributed by atoms with Crippen LogP contribution < -0.4 is 21.7 Å². The van der Waals surface area contributed by atoms with Crippen LogP contribution in [0.1, 0.15) is 16.8 Å². The van der Waals surface area contributed by atoms with Crippen LogP contribution in [0, 0.1) is 5.92 Å². The molecule has 4 aromatic heterocycles. The smallest absolute Gasteiger partial charge is 0.393 e. The van der Waals surface area contributed by atoms with E-state index in [0.29, 0.717) is 11.3 Å². The minimum Gasteiger partial charge on any atom is -0.438 e. The van der Waals surface area contributed by atoms with Crippen LogP contribution in [0.15, 0.2) is 47.5 Å². The third-order valence-electron chi connectivity index (χ3n) is 6.15. The summed E-state index contributed by atoms with van der Waals surface area (Å²) in [4.78, 5) is 23.1. The zero-order valence-electron chi connectivity index (χ0n) is 19.2. The number of nitrogens with one attached hydrogen (secondary N) is 1. The van der Waals surface area contributed by atoms with E-state index in [0.717, 1.165) is 11.1 Å². The van der Waals surface area contributed by atoms with E-state index in [-0.39, 0.29) is 42.2 Å². The van der Waals surface area contributed by atoms with Crippen LogP contribution in [0.25, 0.3) is 22.2 Å². The van der Waals surface area contributed by atoms with Crippen molar-refractivity contribution in [2.75, 3.05) is 29.0 Å². The number of carbonyl (C=O) groups excluding carboxylic acids is 1. The first-order valence-corrected chi connectivity index (χ1v) is 11.1. The molecule has 0 aromatic carbocycles. The summed E-state index contributed by atoms with van der Waals surface area (Å²) in [5.41, 5.74) is 14.6. The largest absolute Gasteiger partial charge is 0.438 e. The van der Waals surface area contributed by atoms with Gasteiger partial charge in [0.05, 0.1) is 29.7 Å². The molecule has 0 aliphatic carbocycles. The van der Waals surface area contributed by atoms with Crippen LogP contribution in [0.4, 0.5) is 30.4 Å². The SMILES string of the molecule is Cn1cc(-c2cnc3c(C(=O)Nc4cnccc4N4C[C@H](N)C[C@H](C(F)(F)F)C4)c(N)oc3c2)cn1. The first kappa shape index (κ1) is 23.6. The number of hydrogen-bond acceptors (Lipinski definition) is 8. The summed E-state index contributed by atoms with van der Waals surface area (Å²) in [6.07, 6.45) is 3.32. The molecule has 0 saturated carbocycles. The Labute approximate surface area is 203 Å². The Kier molecular flexibility index (Phi) is 5.79. The Hall–Kier alpha value is -4.13. The van der Waals surface area contributed by atoms with Gasteiger partial charge in [0.15, 0.2) is 5.58 Å². The number of alkyl halides is 3. The highest BCUT2D eigenvalue weighted by atomic mass is 19.4. The quantitative estimate of drug-likeness (QED) is 0.388. The lowest BCUT2D eigenvalue weighted by Gasteiger charge is -2.39. The topological polar surface area (TPSA) is 141 Å². The fourth-order valence-electron chi connectivity index (χ4n) is 4.46. The molecular formula is C23H23F3N8O2. The van der Waals surface area contributed by atoms with E-state index in [4.69, 9.17) is 15.9 Å². The molecule has 36 heavy (non-hydrogen) atoms. The van der Waals surface area contributed by atoms with E-state index < -0.39 is 24.0 Å². The fourth-order valence-corrected chi connectivity index (χ4v) is 4.46. The lowest BCUT2D eigenvalue weighted by molar-refractivity contribution is -0.177. The predicted molar refractivity (Wildman–Crippen MR) is 127 cm³/mol. The van der Waals surface area contributed by atoms with Crippen LogP contribution in [-0.4, -0.2) is 51.0 Å². The van der Waals surface area contributed by atoms with Gasteiger partial charge in [-0.25, -0.2) is 0 Å². The van der Waals surface area contributed by atoms with Gasteiger partial charge in [0, 0.05) is 55.9 Å². The molecule has 1 aliphatic heterocycles. The molecule has 5 N–H and O–H groups in total. The third kappa shape index (κ3) is 4.44. The van der Waals surface area contributed by atoms with Crippen molar-refractivity contribution in [3.63, 3.8) is 0 Å². The molecule has 188 valence electrons. The number of fused-ring (bicyclic) bond motifs is 1. The molecular weight excluding hydrogens is 477 g/mol. The zero-order valence-corrected chi connectivity index (χ0v) is 19.2. The van der Waals surface area contributed by atoms with Crippen molar-refractivity contribution in [1.29, 1.82) is 0 Å². The number of nitrogen functional groups attached to an aromatic ring is 1. The highest BCUT2D eigenvalue weighted by Gasteiger charge is 2.44. The van der Waals surface area contributed by atoms with E-state index in [1.54, 1.807) is 30.2 Å². The molecule has 1 saturated heterocycles. The van der Waals surface area contributed by atoms with E-state index in [9.17, 15) is 18.0 Å². The van der Waals surface area contributed by atoms with E-state index in [1.165, 1.54) is 23.4 Å². The standard InChI is InChI=1S/C23H23F3N8O2/c1-33-9-13(7-31-33)12-4-18-20(30-6-12)19(21(28)36-18)22(35)32-16-8-29-3-2-17(16)34-10-14(23(24,25)26)5-15(27)11-34/h2-4,6-9,14-15H,5,10-11,27-28H2,1H3,(H,32,35)/t14-,15+/m0/s1. The number of aromatic nitrogens is 4. The van der Waals surface area contributed by atoms with Crippen molar-refractivity contribution in [1.82, 2.24) is 19.7 Å². The second-order valence-electron chi connectivity index (χ2n) is 8.80. The van der Waals surface area contributed by atoms with Gasteiger partial charge in [-0.2, -0.15) is 18.3 Å². The number of carbonyl (C=O) groups is 1. The van der Waals surface area contributed by atoms with Crippen molar-refractivity contribution in [2.45, 2.75) is 18.6 Å². The first-order valence-electron chi connectivity index (χ1n) is 11.1.